The molecule has 1 aliphatic rings. The van der Waals surface area contributed by atoms with Crippen LogP contribution in [0.3, 0.4) is 0 Å². The predicted octanol–water partition coefficient (Wildman–Crippen LogP) is 15.9. The molecule has 0 aromatic heterocycles. The molecule has 0 spiro atoms. The van der Waals surface area contributed by atoms with E-state index < -0.39 is 22.8 Å². The van der Waals surface area contributed by atoms with Crippen molar-refractivity contribution in [3.63, 3.8) is 0 Å². The summed E-state index contributed by atoms with van der Waals surface area (Å²) in [4.78, 5) is 0. The van der Waals surface area contributed by atoms with Gasteiger partial charge in [-0.25, -0.2) is 0 Å². The van der Waals surface area contributed by atoms with Gasteiger partial charge in [-0.15, -0.1) is 9.03 Å². The van der Waals surface area contributed by atoms with Crippen LogP contribution >= 0.6 is 162 Å². The molecule has 1 heterocycles. The Balaban J connectivity index is 1.89. The third kappa shape index (κ3) is 9.02. The molecule has 0 saturated carbocycles. The van der Waals surface area contributed by atoms with E-state index in [9.17, 15) is 0 Å². The number of hydrogen-bond acceptors (Lipinski definition) is 9. The third-order valence-electron chi connectivity index (χ3n) is 5.43. The molecule has 0 saturated heterocycles. The summed E-state index contributed by atoms with van der Waals surface area (Å²) in [6.07, 6.45) is 0. The van der Waals surface area contributed by atoms with E-state index in [-0.39, 0.29) is 83.3 Å². The first kappa shape index (κ1) is 39.4. The highest BCUT2D eigenvalue weighted by Crippen LogP contribution is 2.76. The SMILES string of the molecule is NP1(N)=NP(Oc2c(Cl)cc(Cl)cc2Cl)(Oc2c(Cl)cc(Cl)cc2Cl)=NP(Oc2c(Cl)cc(Cl)cc2Cl)(Oc2c(Cl)cc(Cl)cc2Cl)=N1. The summed E-state index contributed by atoms with van der Waals surface area (Å²) in [5.74, 6) is -0.852. The second-order valence-electron chi connectivity index (χ2n) is 9.11. The number of rotatable bonds is 8. The molecule has 0 fully saturated rings. The van der Waals surface area contributed by atoms with E-state index in [4.69, 9.17) is 173 Å². The monoisotopic (exact) mass is 947 g/mol. The van der Waals surface area contributed by atoms with Crippen molar-refractivity contribution < 1.29 is 18.1 Å². The quantitative estimate of drug-likeness (QED) is 0.169. The highest BCUT2D eigenvalue weighted by atomic mass is 35.5. The lowest BCUT2D eigenvalue weighted by molar-refractivity contribution is 0.460. The minimum atomic E-state index is -4.46. The van der Waals surface area contributed by atoms with E-state index >= 15 is 0 Å². The first-order valence-electron chi connectivity index (χ1n) is 12.1. The third-order valence-corrected chi connectivity index (χ3v) is 16.1. The fraction of sp³-hybridized carbons (Fsp3) is 0. The predicted molar refractivity (Wildman–Crippen MR) is 205 cm³/mol. The van der Waals surface area contributed by atoms with Crippen LogP contribution in [0.15, 0.2) is 62.1 Å². The van der Waals surface area contributed by atoms with Crippen LogP contribution in [0.1, 0.15) is 0 Å². The van der Waals surface area contributed by atoms with Crippen molar-refractivity contribution in [2.45, 2.75) is 0 Å². The second-order valence-corrected chi connectivity index (χ2v) is 20.4. The lowest BCUT2D eigenvalue weighted by Crippen LogP contribution is -2.13. The molecule has 0 radical (unpaired) electrons. The fourth-order valence-electron chi connectivity index (χ4n) is 3.68. The molecule has 4 aromatic carbocycles. The van der Waals surface area contributed by atoms with Crippen molar-refractivity contribution in [1.82, 2.24) is 0 Å². The lowest BCUT2D eigenvalue weighted by Gasteiger charge is -2.32. The van der Waals surface area contributed by atoms with E-state index in [0.29, 0.717) is 0 Å². The van der Waals surface area contributed by atoms with Crippen LogP contribution in [-0.2, 0) is 0 Å². The molecule has 24 heteroatoms. The molecular weight excluding hydrogens is 941 g/mol. The Morgan fingerprint density at radius 3 is 0.792 bits per heavy atom. The summed E-state index contributed by atoms with van der Waals surface area (Å²) in [5, 5.41) is -0.0184. The zero-order valence-electron chi connectivity index (χ0n) is 22.6. The summed E-state index contributed by atoms with van der Waals surface area (Å²) in [5.41, 5.74) is 13.1. The lowest BCUT2D eigenvalue weighted by atomic mass is 10.3. The Hall–Kier alpha value is 0.170. The average molecular weight is 953 g/mol. The zero-order chi connectivity index (χ0) is 35.3. The topological polar surface area (TPSA) is 126 Å². The van der Waals surface area contributed by atoms with Crippen molar-refractivity contribution >= 4 is 162 Å². The van der Waals surface area contributed by atoms with Crippen LogP contribution < -0.4 is 29.1 Å². The standard InChI is InChI=1S/C24H12Cl12N5O4P3/c25-9-1-13(29)21(14(30)2-9)42-47(43-22-15(31)3-10(26)4-16(22)32)39-46(37,38)40-48(41-47,44-23-17(33)5-11(27)6-18(23)34)45-24-19(35)7-12(28)8-20(24)36/h1-8H,37-38H2. The zero-order valence-corrected chi connectivity index (χ0v) is 34.4. The van der Waals surface area contributed by atoms with Crippen LogP contribution in [0.5, 0.6) is 23.0 Å². The maximum Gasteiger partial charge on any atom is 0.457 e. The molecule has 9 nitrogen and oxygen atoms in total. The number of halogens is 12. The molecule has 0 atom stereocenters. The second kappa shape index (κ2) is 15.3. The molecule has 0 aliphatic carbocycles. The van der Waals surface area contributed by atoms with Gasteiger partial charge < -0.3 is 18.1 Å². The largest absolute Gasteiger partial charge is 0.457 e. The fourth-order valence-corrected chi connectivity index (χ4v) is 16.1. The minimum Gasteiger partial charge on any atom is -0.410 e. The van der Waals surface area contributed by atoms with Crippen LogP contribution in [0.2, 0.25) is 60.3 Å². The Morgan fingerprint density at radius 1 is 0.354 bits per heavy atom. The van der Waals surface area contributed by atoms with Gasteiger partial charge in [-0.2, -0.15) is 0 Å². The maximum absolute atomic E-state index is 6.53. The smallest absolute Gasteiger partial charge is 0.410 e. The molecule has 0 amide bonds. The van der Waals surface area contributed by atoms with Gasteiger partial charge in [-0.1, -0.05) is 144 Å². The van der Waals surface area contributed by atoms with E-state index in [1.54, 1.807) is 0 Å². The Labute approximate surface area is 333 Å². The van der Waals surface area contributed by atoms with Gasteiger partial charge in [0, 0.05) is 20.1 Å². The normalized spacial score (nSPS) is 15.9. The summed E-state index contributed by atoms with van der Waals surface area (Å²) in [6, 6.07) is 10.7. The number of nitrogens with two attached hydrogens (primary N) is 2. The Morgan fingerprint density at radius 2 is 0.562 bits per heavy atom. The van der Waals surface area contributed by atoms with Crippen molar-refractivity contribution in [3.8, 4) is 23.0 Å². The van der Waals surface area contributed by atoms with Gasteiger partial charge in [0.1, 0.15) is 0 Å². The summed E-state index contributed by atoms with van der Waals surface area (Å²) in [6.45, 7) is 0. The minimum absolute atomic E-state index is 0.0898. The van der Waals surface area contributed by atoms with Gasteiger partial charge >= 0.3 is 15.3 Å². The van der Waals surface area contributed by atoms with Crippen molar-refractivity contribution in [2.75, 3.05) is 0 Å². The van der Waals surface area contributed by atoms with Crippen molar-refractivity contribution in [2.24, 2.45) is 24.6 Å². The maximum atomic E-state index is 6.53. The first-order valence-corrected chi connectivity index (χ1v) is 21.6. The summed E-state index contributed by atoms with van der Waals surface area (Å²) >= 11 is 76.6. The highest BCUT2D eigenvalue weighted by molar-refractivity contribution is 7.80. The molecule has 4 N–H and O–H groups in total. The van der Waals surface area contributed by atoms with Crippen LogP contribution in [0.25, 0.3) is 0 Å². The van der Waals surface area contributed by atoms with Gasteiger partial charge in [0.25, 0.3) is 0 Å². The molecule has 5 rings (SSSR count). The molecule has 1 aliphatic heterocycles. The van der Waals surface area contributed by atoms with E-state index in [2.05, 4.69) is 9.03 Å². The highest BCUT2D eigenvalue weighted by Gasteiger charge is 2.45. The van der Waals surface area contributed by atoms with Crippen LogP contribution in [-0.4, -0.2) is 0 Å². The van der Waals surface area contributed by atoms with Crippen molar-refractivity contribution in [3.05, 3.63) is 109 Å². The van der Waals surface area contributed by atoms with Gasteiger partial charge in [0.05, 0.1) is 40.2 Å². The van der Waals surface area contributed by atoms with Gasteiger partial charge in [-0.05, 0) is 48.5 Å². The summed E-state index contributed by atoms with van der Waals surface area (Å²) < 4.78 is 38.8. The number of hydrogen-bond donors (Lipinski definition) is 2. The molecule has 48 heavy (non-hydrogen) atoms. The van der Waals surface area contributed by atoms with Gasteiger partial charge in [0.15, 0.2) is 23.0 Å². The average Bonchev–Trinajstić information content (AvgIpc) is 2.92. The molecule has 4 aromatic rings. The van der Waals surface area contributed by atoms with E-state index in [0.717, 1.165) is 0 Å². The van der Waals surface area contributed by atoms with Gasteiger partial charge in [0.2, 0.25) is 7.51 Å². The Bertz CT molecular complexity index is 1830. The van der Waals surface area contributed by atoms with Gasteiger partial charge in [-0.3, -0.25) is 11.0 Å². The van der Waals surface area contributed by atoms with E-state index in [1.807, 2.05) is 0 Å². The first-order chi connectivity index (χ1) is 22.3. The molecule has 0 unspecified atom stereocenters. The molecular formula is C24H12Cl12N5O4P3. The van der Waals surface area contributed by atoms with E-state index in [1.165, 1.54) is 48.5 Å². The Kier molecular flexibility index (Phi) is 12.5. The molecule has 0 bridgehead atoms. The van der Waals surface area contributed by atoms with Crippen LogP contribution in [0, 0.1) is 0 Å². The summed E-state index contributed by atoms with van der Waals surface area (Å²) in [7, 11) is -12.9. The van der Waals surface area contributed by atoms with Crippen LogP contribution in [0.4, 0.5) is 0 Å². The number of nitrogens with zero attached hydrogens (tertiary/aromatic N) is 3. The number of benzene rings is 4. The van der Waals surface area contributed by atoms with Crippen molar-refractivity contribution in [1.29, 1.82) is 0 Å². The molecule has 256 valence electrons.